The van der Waals surface area contributed by atoms with Gasteiger partial charge in [0, 0.05) is 61.8 Å². The third-order valence-electron chi connectivity index (χ3n) is 6.66. The molecular weight excluding hydrogens is 438 g/mol. The van der Waals surface area contributed by atoms with E-state index in [-0.39, 0.29) is 17.6 Å². The molecule has 7 nitrogen and oxygen atoms in total. The minimum atomic E-state index is -0.361. The first kappa shape index (κ1) is 24.8. The maximum absolute atomic E-state index is 13.3. The van der Waals surface area contributed by atoms with Crippen LogP contribution in [-0.4, -0.2) is 39.2 Å². The summed E-state index contributed by atoms with van der Waals surface area (Å²) in [4.78, 5) is 28.2. The lowest BCUT2D eigenvalue weighted by atomic mass is 10.0. The van der Waals surface area contributed by atoms with Crippen LogP contribution in [0.4, 0.5) is 5.69 Å². The quantitative estimate of drug-likeness (QED) is 0.501. The minimum absolute atomic E-state index is 0.0379. The molecule has 1 atom stereocenters. The largest absolute Gasteiger partial charge is 0.369 e. The van der Waals surface area contributed by atoms with E-state index in [9.17, 15) is 9.59 Å². The number of hydrogen-bond donors (Lipinski definition) is 2. The molecule has 3 heterocycles. The maximum Gasteiger partial charge on any atom is 0.259 e. The van der Waals surface area contributed by atoms with Crippen LogP contribution >= 0.6 is 0 Å². The zero-order valence-electron chi connectivity index (χ0n) is 21.3. The van der Waals surface area contributed by atoms with Crippen molar-refractivity contribution >= 4 is 28.6 Å². The molecule has 1 aliphatic rings. The van der Waals surface area contributed by atoms with Gasteiger partial charge in [0.1, 0.15) is 0 Å². The van der Waals surface area contributed by atoms with Gasteiger partial charge in [-0.15, -0.1) is 0 Å². The molecule has 4 rings (SSSR count). The number of nitrogens with two attached hydrogens (primary N) is 1. The molecule has 0 saturated heterocycles. The number of benzene rings is 1. The van der Waals surface area contributed by atoms with Gasteiger partial charge < -0.3 is 25.1 Å². The summed E-state index contributed by atoms with van der Waals surface area (Å²) in [5, 5.41) is 4.11. The Bertz CT molecular complexity index is 1310. The zero-order valence-corrected chi connectivity index (χ0v) is 21.3. The number of fused-ring (bicyclic) bond motifs is 2. The fourth-order valence-corrected chi connectivity index (χ4v) is 4.98. The molecule has 2 aromatic heterocycles. The second-order valence-corrected chi connectivity index (χ2v) is 9.42. The average molecular weight is 476 g/mol. The van der Waals surface area contributed by atoms with Gasteiger partial charge in [-0.05, 0) is 49.1 Å². The van der Waals surface area contributed by atoms with Gasteiger partial charge in [0.05, 0.1) is 17.1 Å². The van der Waals surface area contributed by atoms with E-state index in [0.717, 1.165) is 71.3 Å². The van der Waals surface area contributed by atoms with Crippen molar-refractivity contribution in [3.8, 4) is 11.3 Å². The van der Waals surface area contributed by atoms with Crippen LogP contribution in [-0.2, 0) is 18.4 Å². The van der Waals surface area contributed by atoms with E-state index >= 15 is 0 Å². The molecule has 0 radical (unpaired) electrons. The summed E-state index contributed by atoms with van der Waals surface area (Å²) in [7, 11) is 1.98. The number of anilines is 1. The monoisotopic (exact) mass is 475 g/mol. The second-order valence-electron chi connectivity index (χ2n) is 9.42. The van der Waals surface area contributed by atoms with Crippen LogP contribution in [0, 0.1) is 0 Å². The number of pyridine rings is 1. The van der Waals surface area contributed by atoms with E-state index < -0.39 is 0 Å². The molecule has 0 saturated carbocycles. The SMILES string of the molecule is CCCN(CCC)C(=O)C1=Cc2ccc(-c3cc4c(=O)n(CCC)ccc4n3C)cc2NC(N)C1. The Hall–Kier alpha value is -3.32. The van der Waals surface area contributed by atoms with Crippen LogP contribution in [0.1, 0.15) is 52.0 Å². The Morgan fingerprint density at radius 1 is 1.11 bits per heavy atom. The number of aryl methyl sites for hydroxylation is 2. The van der Waals surface area contributed by atoms with Gasteiger partial charge in [-0.2, -0.15) is 0 Å². The Balaban J connectivity index is 1.73. The van der Waals surface area contributed by atoms with Crippen molar-refractivity contribution in [3.63, 3.8) is 0 Å². The first-order chi connectivity index (χ1) is 16.9. The van der Waals surface area contributed by atoms with E-state index in [1.54, 1.807) is 4.57 Å². The minimum Gasteiger partial charge on any atom is -0.369 e. The van der Waals surface area contributed by atoms with Crippen molar-refractivity contribution in [2.24, 2.45) is 12.8 Å². The van der Waals surface area contributed by atoms with E-state index in [2.05, 4.69) is 36.7 Å². The summed E-state index contributed by atoms with van der Waals surface area (Å²) in [6.45, 7) is 8.46. The second kappa shape index (κ2) is 10.5. The highest BCUT2D eigenvalue weighted by atomic mass is 16.2. The smallest absolute Gasteiger partial charge is 0.259 e. The summed E-state index contributed by atoms with van der Waals surface area (Å²) < 4.78 is 3.83. The van der Waals surface area contributed by atoms with Gasteiger partial charge in [0.15, 0.2) is 0 Å². The zero-order chi connectivity index (χ0) is 25.1. The van der Waals surface area contributed by atoms with Crippen molar-refractivity contribution in [1.82, 2.24) is 14.0 Å². The molecule has 0 fully saturated rings. The summed E-state index contributed by atoms with van der Waals surface area (Å²) >= 11 is 0. The molecule has 3 N–H and O–H groups in total. The van der Waals surface area contributed by atoms with Crippen LogP contribution in [0.25, 0.3) is 28.2 Å². The lowest BCUT2D eigenvalue weighted by Crippen LogP contribution is -2.36. The van der Waals surface area contributed by atoms with Crippen molar-refractivity contribution in [2.45, 2.75) is 59.2 Å². The van der Waals surface area contributed by atoms with Gasteiger partial charge in [-0.3, -0.25) is 9.59 Å². The third kappa shape index (κ3) is 4.91. The Morgan fingerprint density at radius 2 is 1.86 bits per heavy atom. The summed E-state index contributed by atoms with van der Waals surface area (Å²) in [6.07, 6.45) is 6.73. The normalized spacial score (nSPS) is 15.3. The van der Waals surface area contributed by atoms with Crippen molar-refractivity contribution in [1.29, 1.82) is 0 Å². The van der Waals surface area contributed by atoms with Crippen LogP contribution in [0.15, 0.2) is 46.9 Å². The van der Waals surface area contributed by atoms with Gasteiger partial charge in [0.2, 0.25) is 5.91 Å². The van der Waals surface area contributed by atoms with Crippen LogP contribution < -0.4 is 16.6 Å². The number of rotatable bonds is 8. The number of nitrogens with zero attached hydrogens (tertiary/aromatic N) is 3. The van der Waals surface area contributed by atoms with Crippen LogP contribution in [0.5, 0.6) is 0 Å². The number of nitrogens with one attached hydrogen (secondary N) is 1. The van der Waals surface area contributed by atoms with Gasteiger partial charge >= 0.3 is 0 Å². The molecule has 186 valence electrons. The topological polar surface area (TPSA) is 85.3 Å². The summed E-state index contributed by atoms with van der Waals surface area (Å²) in [5.74, 6) is 0.0694. The maximum atomic E-state index is 13.3. The molecule has 1 amide bonds. The van der Waals surface area contributed by atoms with E-state index in [1.165, 1.54) is 0 Å². The molecule has 0 aliphatic carbocycles. The lowest BCUT2D eigenvalue weighted by Gasteiger charge is -2.23. The lowest BCUT2D eigenvalue weighted by molar-refractivity contribution is -0.127. The number of aromatic nitrogens is 2. The number of hydrogen-bond acceptors (Lipinski definition) is 4. The number of amides is 1. The highest BCUT2D eigenvalue weighted by Gasteiger charge is 2.23. The highest BCUT2D eigenvalue weighted by Crippen LogP contribution is 2.32. The van der Waals surface area contributed by atoms with Crippen LogP contribution in [0.2, 0.25) is 0 Å². The fourth-order valence-electron chi connectivity index (χ4n) is 4.98. The molecule has 1 aliphatic heterocycles. The van der Waals surface area contributed by atoms with Crippen LogP contribution in [0.3, 0.4) is 0 Å². The molecule has 0 spiro atoms. The standard InChI is InChI=1S/C28H37N5O2/c1-5-11-32(12-6-2)27(34)21-15-19-8-9-20(16-23(19)30-26(29)17-21)25-18-22-24(31(25)4)10-14-33(13-7-3)28(22)35/h8-10,14-16,18,26,30H,5-7,11-13,17,29H2,1-4H3. The number of carbonyl (C=O) groups excluding carboxylic acids is 1. The van der Waals surface area contributed by atoms with Crippen molar-refractivity contribution in [2.75, 3.05) is 18.4 Å². The van der Waals surface area contributed by atoms with E-state index in [4.69, 9.17) is 5.73 Å². The predicted octanol–water partition coefficient (Wildman–Crippen LogP) is 4.55. The highest BCUT2D eigenvalue weighted by molar-refractivity contribution is 5.99. The number of carbonyl (C=O) groups is 1. The molecule has 7 heteroatoms. The molecule has 3 aromatic rings. The van der Waals surface area contributed by atoms with Gasteiger partial charge in [0.25, 0.3) is 5.56 Å². The predicted molar refractivity (Wildman–Crippen MR) is 144 cm³/mol. The molecule has 1 aromatic carbocycles. The molecule has 0 bridgehead atoms. The first-order valence-electron chi connectivity index (χ1n) is 12.7. The Labute approximate surface area is 207 Å². The summed E-state index contributed by atoms with van der Waals surface area (Å²) in [6, 6.07) is 10.1. The summed E-state index contributed by atoms with van der Waals surface area (Å²) in [5.41, 5.74) is 11.9. The molecule has 35 heavy (non-hydrogen) atoms. The molecule has 1 unspecified atom stereocenters. The van der Waals surface area contributed by atoms with Gasteiger partial charge in [-0.1, -0.05) is 32.9 Å². The Morgan fingerprint density at radius 3 is 2.54 bits per heavy atom. The van der Waals surface area contributed by atoms with E-state index in [1.807, 2.05) is 48.5 Å². The first-order valence-corrected chi connectivity index (χ1v) is 12.7. The van der Waals surface area contributed by atoms with Crippen molar-refractivity contribution < 1.29 is 4.79 Å². The van der Waals surface area contributed by atoms with E-state index in [0.29, 0.717) is 13.0 Å². The average Bonchev–Trinajstić information content (AvgIpc) is 3.07. The fraction of sp³-hybridized carbons (Fsp3) is 0.429. The van der Waals surface area contributed by atoms with Crippen molar-refractivity contribution in [3.05, 3.63) is 58.0 Å². The van der Waals surface area contributed by atoms with Gasteiger partial charge in [-0.25, -0.2) is 0 Å². The third-order valence-corrected chi connectivity index (χ3v) is 6.66. The Kier molecular flexibility index (Phi) is 7.45. The molecular formula is C28H37N5O2.